The van der Waals surface area contributed by atoms with Crippen LogP contribution in [0.3, 0.4) is 0 Å². The van der Waals surface area contributed by atoms with Gasteiger partial charge in [0, 0.05) is 68.8 Å². The number of hydrogen-bond donors (Lipinski definition) is 5. The van der Waals surface area contributed by atoms with Gasteiger partial charge in [0.1, 0.15) is 17.7 Å². The van der Waals surface area contributed by atoms with Crippen molar-refractivity contribution in [3.05, 3.63) is 75.1 Å². The lowest BCUT2D eigenvalue weighted by atomic mass is 10.0. The minimum absolute atomic E-state index is 0.0336. The molecule has 2 fully saturated rings. The summed E-state index contributed by atoms with van der Waals surface area (Å²) in [5, 5.41) is 11.2. The van der Waals surface area contributed by atoms with E-state index in [2.05, 4.69) is 59.0 Å². The van der Waals surface area contributed by atoms with Gasteiger partial charge in [0.25, 0.3) is 11.8 Å². The minimum atomic E-state index is -3.58. The number of unbranched alkanes of at least 4 members (excludes halogenated alkanes) is 6. The molecule has 0 bridgehead atoms. The highest BCUT2D eigenvalue weighted by Crippen LogP contribution is 2.30. The van der Waals surface area contributed by atoms with Gasteiger partial charge in [0.05, 0.1) is 21.5 Å². The van der Waals surface area contributed by atoms with Gasteiger partial charge >= 0.3 is 0 Å². The van der Waals surface area contributed by atoms with Crippen molar-refractivity contribution in [3.8, 4) is 11.8 Å². The number of carbonyl (C=O) groups excluding carboxylic acids is 5. The number of aromatic nitrogens is 2. The maximum absolute atomic E-state index is 14.2. The van der Waals surface area contributed by atoms with Crippen LogP contribution in [0.15, 0.2) is 47.1 Å². The van der Waals surface area contributed by atoms with Gasteiger partial charge in [-0.1, -0.05) is 49.7 Å². The zero-order chi connectivity index (χ0) is 43.5. The average Bonchev–Trinajstić information content (AvgIpc) is 3.56. The molecule has 16 nitrogen and oxygen atoms in total. The van der Waals surface area contributed by atoms with E-state index in [1.165, 1.54) is 27.5 Å². The van der Waals surface area contributed by atoms with Crippen LogP contribution in [-0.2, 0) is 31.0 Å². The Labute approximate surface area is 362 Å². The lowest BCUT2D eigenvalue weighted by Crippen LogP contribution is -2.52. The van der Waals surface area contributed by atoms with Gasteiger partial charge in [-0.25, -0.2) is 22.1 Å². The summed E-state index contributed by atoms with van der Waals surface area (Å²) in [6, 6.07) is 8.74. The molecule has 0 saturated carbocycles. The Balaban J connectivity index is 0.820. The first-order chi connectivity index (χ1) is 29.3. The molecule has 19 heteroatoms. The number of imide groups is 1. The zero-order valence-electron chi connectivity index (χ0n) is 33.6. The van der Waals surface area contributed by atoms with Gasteiger partial charge in [-0.2, -0.15) is 4.98 Å². The smallest absolute Gasteiger partial charge is 0.255 e. The number of hydrogen-bond acceptors (Lipinski definition) is 11. The van der Waals surface area contributed by atoms with Crippen LogP contribution >= 0.6 is 15.9 Å². The number of sulfonamides is 1. The predicted octanol–water partition coefficient (Wildman–Crippen LogP) is 4.48. The average molecular weight is 923 g/mol. The Bertz CT molecular complexity index is 2330. The molecule has 1 atom stereocenters. The summed E-state index contributed by atoms with van der Waals surface area (Å²) >= 11 is 3.36. The van der Waals surface area contributed by atoms with E-state index < -0.39 is 33.7 Å². The largest absolute Gasteiger partial charge is 0.365 e. The van der Waals surface area contributed by atoms with E-state index in [4.69, 9.17) is 5.73 Å². The van der Waals surface area contributed by atoms with Gasteiger partial charge in [-0.3, -0.25) is 29.3 Å². The molecule has 324 valence electrons. The molecular formula is C42H49BrFN9O7S. The number of piperidine rings is 2. The van der Waals surface area contributed by atoms with Gasteiger partial charge in [0.15, 0.2) is 0 Å². The van der Waals surface area contributed by atoms with Crippen molar-refractivity contribution in [1.29, 1.82) is 0 Å². The summed E-state index contributed by atoms with van der Waals surface area (Å²) in [6.45, 7) is 0.904. The predicted molar refractivity (Wildman–Crippen MR) is 229 cm³/mol. The first-order valence-electron chi connectivity index (χ1n) is 20.4. The van der Waals surface area contributed by atoms with Crippen LogP contribution in [0.25, 0.3) is 0 Å². The summed E-state index contributed by atoms with van der Waals surface area (Å²) in [4.78, 5) is 71.4. The highest BCUT2D eigenvalue weighted by Gasteiger charge is 2.39. The molecule has 1 aromatic heterocycles. The number of carbonyl (C=O) groups is 5. The van der Waals surface area contributed by atoms with E-state index >= 15 is 0 Å². The molecule has 0 aliphatic carbocycles. The van der Waals surface area contributed by atoms with E-state index in [0.717, 1.165) is 49.3 Å². The van der Waals surface area contributed by atoms with Crippen LogP contribution in [0.4, 0.5) is 21.8 Å². The van der Waals surface area contributed by atoms with Crippen molar-refractivity contribution in [1.82, 2.24) is 29.8 Å². The Morgan fingerprint density at radius 2 is 1.74 bits per heavy atom. The summed E-state index contributed by atoms with van der Waals surface area (Å²) in [5.41, 5.74) is 7.35. The third kappa shape index (κ3) is 11.9. The van der Waals surface area contributed by atoms with Crippen molar-refractivity contribution >= 4 is 72.9 Å². The molecule has 3 aromatic rings. The Kier molecular flexibility index (Phi) is 15.4. The second-order valence-corrected chi connectivity index (χ2v) is 18.1. The van der Waals surface area contributed by atoms with E-state index in [-0.39, 0.29) is 78.6 Å². The van der Waals surface area contributed by atoms with Crippen molar-refractivity contribution in [2.24, 2.45) is 5.73 Å². The first-order valence-corrected chi connectivity index (χ1v) is 22.9. The van der Waals surface area contributed by atoms with Gasteiger partial charge < -0.3 is 26.6 Å². The molecule has 6 rings (SSSR count). The third-order valence-corrected chi connectivity index (χ3v) is 13.3. The fourth-order valence-electron chi connectivity index (χ4n) is 7.59. The standard InChI is InChI=1S/C42H49BrFN9O7S/c43-31-25-47-42(51-39(31)49-33-15-10-14-32(44)37(33)38(45)56)48-28-19-22-52(23-20-28)61(59,60)24-21-46-35(54)16-8-6-4-2-1-3-5-7-11-27-12-9-13-29-30(27)26-53(41(29)58)34-17-18-36(55)50-40(34)57/h9-10,12-15,25,28,34H,1-6,8,16-24,26H2,(H2,45,56)(H,46,54)(H,50,55,57)(H2,47,48,49,51). The fourth-order valence-corrected chi connectivity index (χ4v) is 9.27. The number of fused-ring (bicyclic) bond motifs is 1. The number of primary amides is 1. The number of halogens is 2. The molecule has 5 amide bonds. The number of anilines is 3. The van der Waals surface area contributed by atoms with E-state index in [1.54, 1.807) is 12.1 Å². The summed E-state index contributed by atoms with van der Waals surface area (Å²) in [5.74, 6) is 3.94. The van der Waals surface area contributed by atoms with Crippen LogP contribution in [0.5, 0.6) is 0 Å². The lowest BCUT2D eigenvalue weighted by Gasteiger charge is -2.31. The number of nitrogens with one attached hydrogen (secondary N) is 4. The van der Waals surface area contributed by atoms with Crippen LogP contribution in [0.2, 0.25) is 0 Å². The van der Waals surface area contributed by atoms with E-state index in [9.17, 15) is 36.8 Å². The minimum Gasteiger partial charge on any atom is -0.365 e. The SMILES string of the molecule is NC(=O)c1c(F)cccc1Nc1nc(NC2CCN(S(=O)(=O)CCNC(=O)CCCCCCCCC#Cc3cccc4c3CN(C3CCC(=O)NC3=O)C4=O)CC2)ncc1Br. The third-order valence-electron chi connectivity index (χ3n) is 10.9. The maximum Gasteiger partial charge on any atom is 0.255 e. The van der Waals surface area contributed by atoms with Crippen LogP contribution < -0.4 is 27.0 Å². The maximum atomic E-state index is 14.2. The lowest BCUT2D eigenvalue weighted by molar-refractivity contribution is -0.137. The summed E-state index contributed by atoms with van der Waals surface area (Å²) < 4.78 is 42.2. The number of amides is 5. The molecule has 0 radical (unpaired) electrons. The van der Waals surface area contributed by atoms with Gasteiger partial charge in [0.2, 0.25) is 33.7 Å². The van der Waals surface area contributed by atoms with Gasteiger partial charge in [-0.05, 0) is 77.9 Å². The van der Waals surface area contributed by atoms with Crippen LogP contribution in [0, 0.1) is 17.7 Å². The fraction of sp³-hybridized carbons (Fsp3) is 0.452. The Hall–Kier alpha value is -5.45. The topological polar surface area (TPSA) is 226 Å². The molecule has 3 aliphatic rings. The monoisotopic (exact) mass is 921 g/mol. The summed E-state index contributed by atoms with van der Waals surface area (Å²) in [7, 11) is -3.58. The highest BCUT2D eigenvalue weighted by atomic mass is 79.9. The zero-order valence-corrected chi connectivity index (χ0v) is 36.0. The second-order valence-electron chi connectivity index (χ2n) is 15.2. The number of rotatable bonds is 18. The van der Waals surface area contributed by atoms with E-state index in [0.29, 0.717) is 55.1 Å². The van der Waals surface area contributed by atoms with Gasteiger partial charge in [-0.15, -0.1) is 0 Å². The molecule has 2 aromatic carbocycles. The van der Waals surface area contributed by atoms with Crippen molar-refractivity contribution in [2.75, 3.05) is 36.0 Å². The van der Waals surface area contributed by atoms with Crippen molar-refractivity contribution < 1.29 is 36.8 Å². The van der Waals surface area contributed by atoms with Crippen LogP contribution in [-0.4, -0.2) is 94.6 Å². The quantitative estimate of drug-likeness (QED) is 0.0680. The molecule has 0 spiro atoms. The van der Waals surface area contributed by atoms with Crippen LogP contribution in [0.1, 0.15) is 109 Å². The molecule has 61 heavy (non-hydrogen) atoms. The summed E-state index contributed by atoms with van der Waals surface area (Å²) in [6.07, 6.45) is 9.57. The second kappa shape index (κ2) is 20.9. The van der Waals surface area contributed by atoms with Crippen molar-refractivity contribution in [2.45, 2.75) is 95.7 Å². The number of nitrogens with two attached hydrogens (primary N) is 1. The Morgan fingerprint density at radius 1 is 1.00 bits per heavy atom. The molecule has 2 saturated heterocycles. The molecular weight excluding hydrogens is 873 g/mol. The first kappa shape index (κ1) is 45.1. The number of benzene rings is 2. The molecule has 6 N–H and O–H groups in total. The normalized spacial score (nSPS) is 17.0. The Morgan fingerprint density at radius 3 is 2.49 bits per heavy atom. The molecule has 3 aliphatic heterocycles. The highest BCUT2D eigenvalue weighted by molar-refractivity contribution is 9.10. The number of nitrogens with zero attached hydrogens (tertiary/aromatic N) is 4. The molecule has 4 heterocycles. The van der Waals surface area contributed by atoms with E-state index in [1.807, 2.05) is 6.07 Å². The van der Waals surface area contributed by atoms with Crippen molar-refractivity contribution in [3.63, 3.8) is 0 Å². The molecule has 1 unspecified atom stereocenters.